The van der Waals surface area contributed by atoms with E-state index in [2.05, 4.69) is 10.1 Å². The van der Waals surface area contributed by atoms with E-state index in [1.807, 2.05) is 69.3 Å². The Morgan fingerprint density at radius 3 is 2.25 bits per heavy atom. The molecule has 32 heavy (non-hydrogen) atoms. The fraction of sp³-hybridized carbons (Fsp3) is 0.154. The first-order valence-electron chi connectivity index (χ1n) is 10.3. The molecular formula is C26H23N3O3. The second-order valence-electron chi connectivity index (χ2n) is 7.69. The van der Waals surface area contributed by atoms with E-state index in [1.165, 1.54) is 0 Å². The molecule has 6 nitrogen and oxygen atoms in total. The Bertz CT molecular complexity index is 1280. The van der Waals surface area contributed by atoms with E-state index in [-0.39, 0.29) is 18.2 Å². The van der Waals surface area contributed by atoms with E-state index in [9.17, 15) is 9.59 Å². The number of Topliss-reactive ketones (excluding diaryl/α,β-unsaturated/α-hetero) is 1. The summed E-state index contributed by atoms with van der Waals surface area (Å²) in [6.07, 6.45) is 0. The normalized spacial score (nSPS) is 10.7. The number of ketones is 1. The lowest BCUT2D eigenvalue weighted by atomic mass is 10.1. The molecule has 0 spiro atoms. The van der Waals surface area contributed by atoms with Crippen LogP contribution in [0.1, 0.15) is 37.7 Å². The van der Waals surface area contributed by atoms with Crippen molar-refractivity contribution in [2.75, 3.05) is 6.61 Å². The maximum Gasteiger partial charge on any atom is 0.378 e. The smallest absolute Gasteiger partial charge is 0.378 e. The number of nitrogens with zero attached hydrogens (tertiary/aromatic N) is 3. The zero-order valence-electron chi connectivity index (χ0n) is 18.2. The summed E-state index contributed by atoms with van der Waals surface area (Å²) >= 11 is 0. The molecule has 0 bridgehead atoms. The summed E-state index contributed by atoms with van der Waals surface area (Å²) in [7, 11) is 0. The van der Waals surface area contributed by atoms with E-state index in [0.717, 1.165) is 27.9 Å². The van der Waals surface area contributed by atoms with Gasteiger partial charge in [0, 0.05) is 11.1 Å². The predicted octanol–water partition coefficient (Wildman–Crippen LogP) is 4.90. The van der Waals surface area contributed by atoms with Gasteiger partial charge in [0.05, 0.1) is 5.69 Å². The molecule has 0 N–H and O–H groups in total. The maximum absolute atomic E-state index is 12.7. The number of aromatic nitrogens is 3. The minimum atomic E-state index is -0.744. The monoisotopic (exact) mass is 425 g/mol. The van der Waals surface area contributed by atoms with Crippen LogP contribution < -0.4 is 0 Å². The molecule has 0 saturated carbocycles. The van der Waals surface area contributed by atoms with Crippen molar-refractivity contribution in [3.63, 3.8) is 0 Å². The van der Waals surface area contributed by atoms with E-state index >= 15 is 0 Å². The Labute approximate surface area is 186 Å². The topological polar surface area (TPSA) is 74.1 Å². The summed E-state index contributed by atoms with van der Waals surface area (Å²) in [5.41, 5.74) is 5.37. The molecule has 1 heterocycles. The van der Waals surface area contributed by atoms with Gasteiger partial charge in [-0.25, -0.2) is 14.5 Å². The number of ether oxygens (including phenoxy) is 1. The van der Waals surface area contributed by atoms with Crippen LogP contribution >= 0.6 is 0 Å². The lowest BCUT2D eigenvalue weighted by Gasteiger charge is -2.10. The second-order valence-corrected chi connectivity index (χ2v) is 7.69. The highest BCUT2D eigenvalue weighted by atomic mass is 16.5. The molecule has 0 radical (unpaired) electrons. The number of rotatable bonds is 6. The van der Waals surface area contributed by atoms with Crippen molar-refractivity contribution in [2.24, 2.45) is 0 Å². The lowest BCUT2D eigenvalue weighted by Crippen LogP contribution is -2.15. The highest BCUT2D eigenvalue weighted by molar-refractivity contribution is 5.98. The number of carbonyl (C=O) groups excluding carboxylic acids is 2. The highest BCUT2D eigenvalue weighted by Gasteiger charge is 2.22. The van der Waals surface area contributed by atoms with Crippen LogP contribution in [0, 0.1) is 20.8 Å². The lowest BCUT2D eigenvalue weighted by molar-refractivity contribution is 0.0462. The van der Waals surface area contributed by atoms with Gasteiger partial charge < -0.3 is 4.74 Å². The van der Waals surface area contributed by atoms with Crippen molar-refractivity contribution in [1.29, 1.82) is 0 Å². The Balaban J connectivity index is 1.66. The predicted molar refractivity (Wildman–Crippen MR) is 122 cm³/mol. The van der Waals surface area contributed by atoms with Gasteiger partial charge in [-0.3, -0.25) is 4.79 Å². The highest BCUT2D eigenvalue weighted by Crippen LogP contribution is 2.24. The molecule has 4 rings (SSSR count). The van der Waals surface area contributed by atoms with Gasteiger partial charge in [0.15, 0.2) is 18.2 Å². The first-order chi connectivity index (χ1) is 15.4. The number of hydrogen-bond acceptors (Lipinski definition) is 5. The molecule has 3 aromatic carbocycles. The van der Waals surface area contributed by atoms with Crippen LogP contribution in [0.15, 0.2) is 72.8 Å². The number of benzene rings is 3. The number of aryl methyl sites for hydroxylation is 3. The fourth-order valence-corrected chi connectivity index (χ4v) is 3.40. The molecule has 6 heteroatoms. The average molecular weight is 425 g/mol. The van der Waals surface area contributed by atoms with Gasteiger partial charge in [0.25, 0.3) is 5.82 Å². The number of esters is 1. The molecule has 0 atom stereocenters. The minimum Gasteiger partial charge on any atom is -0.451 e. The van der Waals surface area contributed by atoms with E-state index < -0.39 is 5.97 Å². The van der Waals surface area contributed by atoms with Crippen LogP contribution in [-0.4, -0.2) is 33.1 Å². The summed E-state index contributed by atoms with van der Waals surface area (Å²) in [4.78, 5) is 29.4. The molecule has 0 unspecified atom stereocenters. The summed E-state index contributed by atoms with van der Waals surface area (Å²) < 4.78 is 6.87. The Morgan fingerprint density at radius 1 is 0.875 bits per heavy atom. The Kier molecular flexibility index (Phi) is 5.94. The molecule has 160 valence electrons. The van der Waals surface area contributed by atoms with Crippen LogP contribution in [0.2, 0.25) is 0 Å². The largest absolute Gasteiger partial charge is 0.451 e. The average Bonchev–Trinajstić information content (AvgIpc) is 3.23. The van der Waals surface area contributed by atoms with Crippen LogP contribution in [0.5, 0.6) is 0 Å². The third-order valence-electron chi connectivity index (χ3n) is 5.11. The third-order valence-corrected chi connectivity index (χ3v) is 5.11. The van der Waals surface area contributed by atoms with Gasteiger partial charge in [-0.2, -0.15) is 0 Å². The van der Waals surface area contributed by atoms with Crippen molar-refractivity contribution in [2.45, 2.75) is 20.8 Å². The molecular weight excluding hydrogens is 402 g/mol. The minimum absolute atomic E-state index is 0.0959. The van der Waals surface area contributed by atoms with E-state index in [0.29, 0.717) is 11.4 Å². The molecule has 0 aliphatic heterocycles. The first-order valence-corrected chi connectivity index (χ1v) is 10.3. The van der Waals surface area contributed by atoms with Crippen molar-refractivity contribution < 1.29 is 14.3 Å². The quantitative estimate of drug-likeness (QED) is 0.324. The van der Waals surface area contributed by atoms with Gasteiger partial charge in [-0.05, 0) is 32.4 Å². The zero-order valence-corrected chi connectivity index (χ0v) is 18.2. The van der Waals surface area contributed by atoms with Crippen LogP contribution in [-0.2, 0) is 4.74 Å². The molecule has 4 aromatic rings. The van der Waals surface area contributed by atoms with Crippen molar-refractivity contribution in [1.82, 2.24) is 14.8 Å². The molecule has 0 fully saturated rings. The number of hydrogen-bond donors (Lipinski definition) is 0. The Morgan fingerprint density at radius 2 is 1.56 bits per heavy atom. The molecule has 0 aliphatic rings. The summed E-state index contributed by atoms with van der Waals surface area (Å²) in [6, 6.07) is 22.5. The van der Waals surface area contributed by atoms with Gasteiger partial charge in [0.1, 0.15) is 0 Å². The zero-order chi connectivity index (χ0) is 22.7. The second kappa shape index (κ2) is 8.98. The van der Waals surface area contributed by atoms with Crippen molar-refractivity contribution >= 4 is 11.8 Å². The van der Waals surface area contributed by atoms with Crippen LogP contribution in [0.4, 0.5) is 0 Å². The van der Waals surface area contributed by atoms with Crippen LogP contribution in [0.25, 0.3) is 17.1 Å². The van der Waals surface area contributed by atoms with Gasteiger partial charge in [-0.1, -0.05) is 77.9 Å². The van der Waals surface area contributed by atoms with Gasteiger partial charge in [-0.15, -0.1) is 5.10 Å². The van der Waals surface area contributed by atoms with Crippen molar-refractivity contribution in [3.05, 3.63) is 101 Å². The maximum atomic E-state index is 12.7. The SMILES string of the molecule is Cc1ccc(-c2nc(C(=O)OCC(=O)c3ccccc3)nn2-c2ccc(C)cc2C)cc1. The van der Waals surface area contributed by atoms with Crippen molar-refractivity contribution in [3.8, 4) is 17.1 Å². The molecule has 1 aromatic heterocycles. The van der Waals surface area contributed by atoms with Gasteiger partial charge in [0.2, 0.25) is 0 Å². The van der Waals surface area contributed by atoms with E-state index in [1.54, 1.807) is 28.9 Å². The summed E-state index contributed by atoms with van der Waals surface area (Å²) in [5.74, 6) is -0.600. The Hall–Kier alpha value is -4.06. The fourth-order valence-electron chi connectivity index (χ4n) is 3.40. The molecule has 0 aliphatic carbocycles. The number of carbonyl (C=O) groups is 2. The first kappa shape index (κ1) is 21.2. The van der Waals surface area contributed by atoms with Gasteiger partial charge >= 0.3 is 5.97 Å². The summed E-state index contributed by atoms with van der Waals surface area (Å²) in [5, 5.41) is 4.44. The molecule has 0 amide bonds. The standard InChI is InChI=1S/C26H23N3O3/c1-17-9-12-21(13-10-17)25-27-24(28-29(25)22-14-11-18(2)15-19(22)3)26(31)32-16-23(30)20-7-5-4-6-8-20/h4-15H,16H2,1-3H3. The third kappa shape index (κ3) is 4.49. The molecule has 0 saturated heterocycles. The summed E-state index contributed by atoms with van der Waals surface area (Å²) in [6.45, 7) is 5.64. The van der Waals surface area contributed by atoms with Crippen LogP contribution in [0.3, 0.4) is 0 Å². The van der Waals surface area contributed by atoms with E-state index in [4.69, 9.17) is 4.74 Å².